The maximum Gasteiger partial charge on any atom is 0.0908 e. The summed E-state index contributed by atoms with van der Waals surface area (Å²) < 4.78 is 11.0. The van der Waals surface area contributed by atoms with Crippen LogP contribution in [0, 0.1) is 5.41 Å². The van der Waals surface area contributed by atoms with Gasteiger partial charge in [0, 0.05) is 12.5 Å². The van der Waals surface area contributed by atoms with E-state index in [9.17, 15) is 5.11 Å². The molecule has 1 N–H and O–H groups in total. The van der Waals surface area contributed by atoms with Crippen molar-refractivity contribution in [2.24, 2.45) is 5.41 Å². The number of ether oxygens (including phenoxy) is 2. The van der Waals surface area contributed by atoms with E-state index in [2.05, 4.69) is 6.58 Å². The summed E-state index contributed by atoms with van der Waals surface area (Å²) in [5.74, 6) is 0. The summed E-state index contributed by atoms with van der Waals surface area (Å²) in [4.78, 5) is 0. The molecule has 0 spiro atoms. The van der Waals surface area contributed by atoms with E-state index < -0.39 is 0 Å². The van der Waals surface area contributed by atoms with Gasteiger partial charge in [-0.15, -0.1) is 0 Å². The molecule has 1 fully saturated rings. The number of rotatable bonds is 4. The Morgan fingerprint density at radius 2 is 2.36 bits per heavy atom. The van der Waals surface area contributed by atoms with Gasteiger partial charge in [0.2, 0.25) is 0 Å². The summed E-state index contributed by atoms with van der Waals surface area (Å²) in [6.45, 7) is 8.55. The van der Waals surface area contributed by atoms with Crippen LogP contribution in [0.15, 0.2) is 12.2 Å². The first-order chi connectivity index (χ1) is 6.51. The summed E-state index contributed by atoms with van der Waals surface area (Å²) in [7, 11) is 1.66. The molecule has 1 aliphatic rings. The molecule has 0 radical (unpaired) electrons. The van der Waals surface area contributed by atoms with E-state index in [0.717, 1.165) is 12.0 Å². The van der Waals surface area contributed by atoms with Crippen LogP contribution in [0.5, 0.6) is 0 Å². The van der Waals surface area contributed by atoms with Gasteiger partial charge in [-0.05, 0) is 12.0 Å². The zero-order valence-electron chi connectivity index (χ0n) is 9.25. The zero-order valence-corrected chi connectivity index (χ0v) is 9.25. The van der Waals surface area contributed by atoms with Crippen LogP contribution in [0.4, 0.5) is 0 Å². The lowest BCUT2D eigenvalue weighted by Crippen LogP contribution is -2.43. The highest BCUT2D eigenvalue weighted by Gasteiger charge is 2.38. The minimum absolute atomic E-state index is 0.0367. The monoisotopic (exact) mass is 200 g/mol. The topological polar surface area (TPSA) is 38.7 Å². The summed E-state index contributed by atoms with van der Waals surface area (Å²) >= 11 is 0. The van der Waals surface area contributed by atoms with E-state index in [1.807, 2.05) is 13.8 Å². The standard InChI is InChI=1S/C11H20O3/c1-8-5-9(14-6-8)10(13-4)11(2,3)7-12/h9-10,12H,1,5-7H2,2-4H3/t9-,10+/m1/s1. The van der Waals surface area contributed by atoms with Crippen molar-refractivity contribution in [1.29, 1.82) is 0 Å². The van der Waals surface area contributed by atoms with Gasteiger partial charge in [-0.2, -0.15) is 0 Å². The fourth-order valence-electron chi connectivity index (χ4n) is 1.89. The average molecular weight is 200 g/mol. The Labute approximate surface area is 85.7 Å². The molecule has 3 heteroatoms. The van der Waals surface area contributed by atoms with Crippen LogP contribution in [0.25, 0.3) is 0 Å². The zero-order chi connectivity index (χ0) is 10.8. The van der Waals surface area contributed by atoms with Crippen molar-refractivity contribution in [1.82, 2.24) is 0 Å². The highest BCUT2D eigenvalue weighted by molar-refractivity contribution is 5.05. The van der Waals surface area contributed by atoms with Crippen molar-refractivity contribution in [2.75, 3.05) is 20.3 Å². The third-order valence-electron chi connectivity index (χ3n) is 2.76. The van der Waals surface area contributed by atoms with Crippen LogP contribution in [0.1, 0.15) is 20.3 Å². The molecule has 0 aromatic heterocycles. The van der Waals surface area contributed by atoms with Gasteiger partial charge in [0.1, 0.15) is 0 Å². The van der Waals surface area contributed by atoms with E-state index >= 15 is 0 Å². The first-order valence-electron chi connectivity index (χ1n) is 4.93. The van der Waals surface area contributed by atoms with Crippen molar-refractivity contribution in [3.05, 3.63) is 12.2 Å². The highest BCUT2D eigenvalue weighted by atomic mass is 16.5. The second kappa shape index (κ2) is 4.43. The normalized spacial score (nSPS) is 25.4. The van der Waals surface area contributed by atoms with Gasteiger partial charge in [-0.3, -0.25) is 0 Å². The summed E-state index contributed by atoms with van der Waals surface area (Å²) in [6.07, 6.45) is 0.795. The van der Waals surface area contributed by atoms with Crippen LogP contribution in [-0.2, 0) is 9.47 Å². The first kappa shape index (κ1) is 11.7. The minimum atomic E-state index is -0.274. The minimum Gasteiger partial charge on any atom is -0.396 e. The van der Waals surface area contributed by atoms with Gasteiger partial charge in [0.25, 0.3) is 0 Å². The lowest BCUT2D eigenvalue weighted by Gasteiger charge is -2.34. The van der Waals surface area contributed by atoms with Crippen molar-refractivity contribution in [3.8, 4) is 0 Å². The molecule has 0 unspecified atom stereocenters. The van der Waals surface area contributed by atoms with Crippen LogP contribution >= 0.6 is 0 Å². The smallest absolute Gasteiger partial charge is 0.0908 e. The maximum absolute atomic E-state index is 9.26. The van der Waals surface area contributed by atoms with Gasteiger partial charge >= 0.3 is 0 Å². The predicted molar refractivity (Wildman–Crippen MR) is 55.2 cm³/mol. The fraction of sp³-hybridized carbons (Fsp3) is 0.818. The molecular formula is C11H20O3. The molecule has 0 bridgehead atoms. The molecule has 0 saturated carbocycles. The van der Waals surface area contributed by atoms with Gasteiger partial charge < -0.3 is 14.6 Å². The van der Waals surface area contributed by atoms with Crippen LogP contribution in [-0.4, -0.2) is 37.6 Å². The summed E-state index contributed by atoms with van der Waals surface area (Å²) in [5, 5.41) is 9.26. The van der Waals surface area contributed by atoms with Crippen LogP contribution in [0.2, 0.25) is 0 Å². The van der Waals surface area contributed by atoms with E-state index in [1.54, 1.807) is 7.11 Å². The third-order valence-corrected chi connectivity index (χ3v) is 2.76. The maximum atomic E-state index is 9.26. The highest BCUT2D eigenvalue weighted by Crippen LogP contribution is 2.32. The molecule has 14 heavy (non-hydrogen) atoms. The Balaban J connectivity index is 2.67. The Bertz CT molecular complexity index is 211. The van der Waals surface area contributed by atoms with Gasteiger partial charge in [-0.25, -0.2) is 0 Å². The Hall–Kier alpha value is -0.380. The lowest BCUT2D eigenvalue weighted by molar-refractivity contribution is -0.0993. The molecule has 0 amide bonds. The van der Waals surface area contributed by atoms with Crippen molar-refractivity contribution in [3.63, 3.8) is 0 Å². The molecule has 1 aliphatic heterocycles. The number of aliphatic hydroxyl groups is 1. The SMILES string of the molecule is C=C1CO[C@@H]([C@H](OC)C(C)(C)CO)C1. The van der Waals surface area contributed by atoms with E-state index in [0.29, 0.717) is 6.61 Å². The second-order valence-corrected chi connectivity index (χ2v) is 4.61. The molecule has 2 atom stereocenters. The summed E-state index contributed by atoms with van der Waals surface area (Å²) in [5.41, 5.74) is 0.829. The largest absolute Gasteiger partial charge is 0.396 e. The van der Waals surface area contributed by atoms with E-state index in [4.69, 9.17) is 9.47 Å². The van der Waals surface area contributed by atoms with E-state index in [-0.39, 0.29) is 24.2 Å². The molecule has 82 valence electrons. The van der Waals surface area contributed by atoms with Crippen molar-refractivity contribution < 1.29 is 14.6 Å². The molecule has 1 saturated heterocycles. The van der Waals surface area contributed by atoms with Crippen molar-refractivity contribution in [2.45, 2.75) is 32.5 Å². The van der Waals surface area contributed by atoms with Crippen LogP contribution < -0.4 is 0 Å². The van der Waals surface area contributed by atoms with E-state index in [1.165, 1.54) is 0 Å². The number of aliphatic hydroxyl groups excluding tert-OH is 1. The fourth-order valence-corrected chi connectivity index (χ4v) is 1.89. The quantitative estimate of drug-likeness (QED) is 0.696. The molecule has 3 nitrogen and oxygen atoms in total. The molecule has 0 aromatic carbocycles. The lowest BCUT2D eigenvalue weighted by atomic mass is 9.83. The molecule has 1 heterocycles. The number of hydrogen-bond donors (Lipinski definition) is 1. The Kier molecular flexibility index (Phi) is 3.70. The van der Waals surface area contributed by atoms with Gasteiger partial charge in [-0.1, -0.05) is 20.4 Å². The Morgan fingerprint density at radius 1 is 1.71 bits per heavy atom. The predicted octanol–water partition coefficient (Wildman–Crippen LogP) is 1.36. The van der Waals surface area contributed by atoms with Gasteiger partial charge in [0.15, 0.2) is 0 Å². The molecule has 0 aromatic rings. The molecule has 0 aliphatic carbocycles. The number of hydrogen-bond acceptors (Lipinski definition) is 3. The first-order valence-corrected chi connectivity index (χ1v) is 4.93. The number of methoxy groups -OCH3 is 1. The van der Waals surface area contributed by atoms with Gasteiger partial charge in [0.05, 0.1) is 25.4 Å². The second-order valence-electron chi connectivity index (χ2n) is 4.61. The average Bonchev–Trinajstić information content (AvgIpc) is 2.53. The van der Waals surface area contributed by atoms with Crippen LogP contribution in [0.3, 0.4) is 0 Å². The summed E-state index contributed by atoms with van der Waals surface area (Å²) in [6, 6.07) is 0. The molecular weight excluding hydrogens is 180 g/mol. The third kappa shape index (κ3) is 2.35. The Morgan fingerprint density at radius 3 is 2.71 bits per heavy atom. The molecule has 1 rings (SSSR count). The van der Waals surface area contributed by atoms with Crippen molar-refractivity contribution >= 4 is 0 Å².